The summed E-state index contributed by atoms with van der Waals surface area (Å²) in [5.41, 5.74) is 4.25. The number of nitrogens with one attached hydrogen (secondary N) is 3. The van der Waals surface area contributed by atoms with Crippen LogP contribution in [-0.4, -0.2) is 30.8 Å². The summed E-state index contributed by atoms with van der Waals surface area (Å²) >= 11 is 0. The first kappa shape index (κ1) is 23.2. The third-order valence-corrected chi connectivity index (χ3v) is 7.49. The van der Waals surface area contributed by atoms with Gasteiger partial charge in [0, 0.05) is 13.0 Å². The van der Waals surface area contributed by atoms with Crippen LogP contribution in [0.5, 0.6) is 0 Å². The molecule has 1 heterocycles. The minimum Gasteiger partial charge on any atom is -0.346 e. The number of sulfonamides is 1. The fourth-order valence-corrected chi connectivity index (χ4v) is 5.25. The molecule has 1 aliphatic carbocycles. The minimum atomic E-state index is -3.65. The van der Waals surface area contributed by atoms with Crippen molar-refractivity contribution < 1.29 is 13.2 Å². The lowest BCUT2D eigenvalue weighted by atomic mass is 9.92. The first-order valence-electron chi connectivity index (χ1n) is 11.5. The molecule has 174 valence electrons. The molecule has 4 rings (SSSR count). The van der Waals surface area contributed by atoms with Crippen molar-refractivity contribution in [2.45, 2.75) is 56.4 Å². The highest BCUT2D eigenvalue weighted by Gasteiger charge is 2.19. The highest BCUT2D eigenvalue weighted by molar-refractivity contribution is 7.89. The van der Waals surface area contributed by atoms with Crippen molar-refractivity contribution in [2.24, 2.45) is 0 Å². The van der Waals surface area contributed by atoms with Crippen LogP contribution in [-0.2, 0) is 27.7 Å². The Morgan fingerprint density at radius 2 is 1.85 bits per heavy atom. The van der Waals surface area contributed by atoms with Crippen LogP contribution in [0, 0.1) is 0 Å². The Labute approximate surface area is 195 Å². The topological polar surface area (TPSA) is 104 Å². The van der Waals surface area contributed by atoms with Crippen LogP contribution >= 0.6 is 0 Å². The normalized spacial score (nSPS) is 14.5. The van der Waals surface area contributed by atoms with E-state index < -0.39 is 10.0 Å². The van der Waals surface area contributed by atoms with Gasteiger partial charge in [0.25, 0.3) is 0 Å². The molecule has 8 heteroatoms. The van der Waals surface area contributed by atoms with Crippen molar-refractivity contribution in [1.29, 1.82) is 0 Å². The van der Waals surface area contributed by atoms with Crippen LogP contribution in [0.25, 0.3) is 11.3 Å². The molecule has 1 amide bonds. The summed E-state index contributed by atoms with van der Waals surface area (Å²) < 4.78 is 27.9. The molecule has 2 aromatic carbocycles. The molecule has 0 saturated carbocycles. The Bertz CT molecular complexity index is 1210. The average molecular weight is 467 g/mol. The number of aromatic amines is 1. The summed E-state index contributed by atoms with van der Waals surface area (Å²) in [5.74, 6) is 0.451. The maximum atomic E-state index is 12.7. The number of hydrogen-bond donors (Lipinski definition) is 3. The van der Waals surface area contributed by atoms with Gasteiger partial charge in [-0.05, 0) is 60.9 Å². The monoisotopic (exact) mass is 466 g/mol. The van der Waals surface area contributed by atoms with Gasteiger partial charge in [-0.3, -0.25) is 4.79 Å². The second kappa shape index (κ2) is 10.3. The molecular formula is C25H30N4O3S. The van der Waals surface area contributed by atoms with Crippen molar-refractivity contribution in [1.82, 2.24) is 20.0 Å². The Kier molecular flexibility index (Phi) is 7.25. The van der Waals surface area contributed by atoms with Gasteiger partial charge in [-0.15, -0.1) is 0 Å². The van der Waals surface area contributed by atoms with Crippen molar-refractivity contribution in [3.05, 3.63) is 71.7 Å². The van der Waals surface area contributed by atoms with Crippen molar-refractivity contribution in [3.63, 3.8) is 0 Å². The van der Waals surface area contributed by atoms with Gasteiger partial charge < -0.3 is 10.3 Å². The molecule has 0 saturated heterocycles. The Hall–Kier alpha value is -2.97. The number of fused-ring (bicyclic) bond motifs is 1. The summed E-state index contributed by atoms with van der Waals surface area (Å²) in [5, 5.41) is 2.95. The Morgan fingerprint density at radius 1 is 1.09 bits per heavy atom. The number of carbonyl (C=O) groups is 1. The van der Waals surface area contributed by atoms with Crippen molar-refractivity contribution in [2.75, 3.05) is 6.54 Å². The van der Waals surface area contributed by atoms with Gasteiger partial charge in [-0.1, -0.05) is 43.3 Å². The second-order valence-electron chi connectivity index (χ2n) is 8.36. The zero-order valence-corrected chi connectivity index (χ0v) is 19.6. The molecule has 1 atom stereocenters. The Balaban J connectivity index is 1.32. The summed E-state index contributed by atoms with van der Waals surface area (Å²) in [6.07, 6.45) is 6.62. The zero-order valence-electron chi connectivity index (χ0n) is 18.8. The molecule has 1 aliphatic rings. The smallest absolute Gasteiger partial charge is 0.240 e. The Morgan fingerprint density at radius 3 is 2.61 bits per heavy atom. The number of H-pyrrole nitrogens is 1. The summed E-state index contributed by atoms with van der Waals surface area (Å²) in [6.45, 7) is 2.00. The van der Waals surface area contributed by atoms with Crippen LogP contribution in [0.3, 0.4) is 0 Å². The number of rotatable bonds is 9. The SMILES string of the molecule is CCC(NC(=O)CCNS(=O)(=O)c1ccc2c(c1)CCCC2)c1ncc(-c2ccccc2)[nH]1. The number of benzene rings is 2. The van der Waals surface area contributed by atoms with E-state index in [2.05, 4.69) is 20.0 Å². The molecule has 33 heavy (non-hydrogen) atoms. The average Bonchev–Trinajstić information content (AvgIpc) is 3.33. The van der Waals surface area contributed by atoms with Crippen LogP contribution in [0.4, 0.5) is 0 Å². The van der Waals surface area contributed by atoms with Gasteiger partial charge >= 0.3 is 0 Å². The van der Waals surface area contributed by atoms with Gasteiger partial charge in [0.1, 0.15) is 5.82 Å². The lowest BCUT2D eigenvalue weighted by Crippen LogP contribution is -2.33. The fraction of sp³-hybridized carbons (Fsp3) is 0.360. The highest BCUT2D eigenvalue weighted by Crippen LogP contribution is 2.24. The van der Waals surface area contributed by atoms with Crippen LogP contribution < -0.4 is 10.0 Å². The molecule has 0 fully saturated rings. The van der Waals surface area contributed by atoms with Gasteiger partial charge in [0.05, 0.1) is 22.8 Å². The standard InChI is InChI=1S/C25H30N4O3S/c1-2-22(25-26-17-23(29-25)19-9-4-3-5-10-19)28-24(30)14-15-27-33(31,32)21-13-12-18-8-6-7-11-20(18)16-21/h3-5,9-10,12-13,16-17,22,27H,2,6-8,11,14-15H2,1H3,(H,26,29)(H,28,30). The molecule has 1 aromatic heterocycles. The molecule has 0 bridgehead atoms. The van der Waals surface area contributed by atoms with Crippen LogP contribution in [0.1, 0.15) is 55.6 Å². The quantitative estimate of drug-likeness (QED) is 0.445. The largest absolute Gasteiger partial charge is 0.346 e. The molecule has 0 spiro atoms. The molecule has 3 N–H and O–H groups in total. The van der Waals surface area contributed by atoms with E-state index in [1.54, 1.807) is 18.3 Å². The van der Waals surface area contributed by atoms with Crippen molar-refractivity contribution in [3.8, 4) is 11.3 Å². The van der Waals surface area contributed by atoms with Gasteiger partial charge in [-0.25, -0.2) is 18.1 Å². The number of nitrogens with zero attached hydrogens (tertiary/aromatic N) is 1. The lowest BCUT2D eigenvalue weighted by molar-refractivity contribution is -0.121. The minimum absolute atomic E-state index is 0.0368. The number of aromatic nitrogens is 2. The molecule has 7 nitrogen and oxygen atoms in total. The summed E-state index contributed by atoms with van der Waals surface area (Å²) in [7, 11) is -3.65. The van der Waals surface area contributed by atoms with E-state index >= 15 is 0 Å². The van der Waals surface area contributed by atoms with Gasteiger partial charge in [-0.2, -0.15) is 0 Å². The predicted octanol–water partition coefficient (Wildman–Crippen LogP) is 3.89. The summed E-state index contributed by atoms with van der Waals surface area (Å²) in [6, 6.07) is 14.9. The van der Waals surface area contributed by atoms with E-state index in [4.69, 9.17) is 0 Å². The maximum absolute atomic E-state index is 12.7. The third-order valence-electron chi connectivity index (χ3n) is 6.03. The first-order chi connectivity index (χ1) is 16.0. The van der Waals surface area contributed by atoms with Crippen molar-refractivity contribution >= 4 is 15.9 Å². The molecule has 0 radical (unpaired) electrons. The first-order valence-corrected chi connectivity index (χ1v) is 13.0. The zero-order chi connectivity index (χ0) is 23.3. The van der Waals surface area contributed by atoms with Gasteiger partial charge in [0.15, 0.2) is 0 Å². The number of carbonyl (C=O) groups excluding carboxylic acids is 1. The predicted molar refractivity (Wildman–Crippen MR) is 128 cm³/mol. The van der Waals surface area contributed by atoms with E-state index in [0.29, 0.717) is 12.2 Å². The van der Waals surface area contributed by atoms with E-state index in [0.717, 1.165) is 42.5 Å². The molecule has 3 aromatic rings. The fourth-order valence-electron chi connectivity index (χ4n) is 4.17. The summed E-state index contributed by atoms with van der Waals surface area (Å²) in [4.78, 5) is 20.5. The maximum Gasteiger partial charge on any atom is 0.240 e. The molecule has 0 aliphatic heterocycles. The third kappa shape index (κ3) is 5.69. The lowest BCUT2D eigenvalue weighted by Gasteiger charge is -2.17. The number of aryl methyl sites for hydroxylation is 2. The van der Waals surface area contributed by atoms with E-state index in [9.17, 15) is 13.2 Å². The van der Waals surface area contributed by atoms with E-state index in [1.165, 1.54) is 5.56 Å². The molecular weight excluding hydrogens is 436 g/mol. The highest BCUT2D eigenvalue weighted by atomic mass is 32.2. The van der Waals surface area contributed by atoms with Gasteiger partial charge in [0.2, 0.25) is 15.9 Å². The number of imidazole rings is 1. The number of amides is 1. The second-order valence-corrected chi connectivity index (χ2v) is 10.1. The van der Waals surface area contributed by atoms with Crippen LogP contribution in [0.2, 0.25) is 0 Å². The van der Waals surface area contributed by atoms with Crippen LogP contribution in [0.15, 0.2) is 59.6 Å². The number of hydrogen-bond acceptors (Lipinski definition) is 4. The van der Waals surface area contributed by atoms with E-state index in [-0.39, 0.29) is 29.8 Å². The van der Waals surface area contributed by atoms with E-state index in [1.807, 2.05) is 43.3 Å². The molecule has 1 unspecified atom stereocenters.